The molecule has 90 valence electrons. The number of methoxy groups -OCH3 is 2. The normalized spacial score (nSPS) is 14.7. The van der Waals surface area contributed by atoms with Crippen molar-refractivity contribution < 1.29 is 9.47 Å². The van der Waals surface area contributed by atoms with E-state index in [-0.39, 0.29) is 12.1 Å². The highest BCUT2D eigenvalue weighted by molar-refractivity contribution is 5.00. The van der Waals surface area contributed by atoms with Crippen LogP contribution in [0.1, 0.15) is 18.7 Å². The zero-order chi connectivity index (χ0) is 11.8. The smallest absolute Gasteiger partial charge is 0.0928 e. The number of ether oxygens (including phenoxy) is 2. The van der Waals surface area contributed by atoms with E-state index < -0.39 is 0 Å². The first-order valence-electron chi connectivity index (χ1n) is 5.29. The van der Waals surface area contributed by atoms with Gasteiger partial charge in [-0.15, -0.1) is 0 Å². The van der Waals surface area contributed by atoms with Gasteiger partial charge in [0.05, 0.1) is 18.4 Å². The average molecular weight is 225 g/mol. The molecule has 16 heavy (non-hydrogen) atoms. The maximum atomic E-state index is 5.25. The lowest BCUT2D eigenvalue weighted by molar-refractivity contribution is 0.0275. The zero-order valence-corrected chi connectivity index (χ0v) is 10.0. The van der Waals surface area contributed by atoms with Crippen molar-refractivity contribution in [2.45, 2.75) is 19.1 Å². The van der Waals surface area contributed by atoms with Crippen molar-refractivity contribution in [1.82, 2.24) is 15.3 Å². The molecule has 0 radical (unpaired) electrons. The molecule has 2 atom stereocenters. The summed E-state index contributed by atoms with van der Waals surface area (Å²) in [6.07, 6.45) is 5.18. The van der Waals surface area contributed by atoms with Crippen LogP contribution in [0.4, 0.5) is 0 Å². The fourth-order valence-electron chi connectivity index (χ4n) is 1.34. The molecule has 0 aliphatic heterocycles. The molecule has 1 aromatic rings. The Balaban J connectivity index is 2.37. The van der Waals surface area contributed by atoms with Crippen molar-refractivity contribution in [1.29, 1.82) is 0 Å². The summed E-state index contributed by atoms with van der Waals surface area (Å²) in [6, 6.07) is 0.156. The predicted octanol–water partition coefficient (Wildman–Crippen LogP) is 0.789. The van der Waals surface area contributed by atoms with Gasteiger partial charge in [-0.2, -0.15) is 0 Å². The lowest BCUT2D eigenvalue weighted by atomic mass is 10.2. The summed E-state index contributed by atoms with van der Waals surface area (Å²) in [7, 11) is 3.34. The number of hydrogen-bond acceptors (Lipinski definition) is 5. The quantitative estimate of drug-likeness (QED) is 0.743. The van der Waals surface area contributed by atoms with Gasteiger partial charge in [-0.05, 0) is 6.92 Å². The maximum absolute atomic E-state index is 5.25. The van der Waals surface area contributed by atoms with E-state index in [1.54, 1.807) is 32.8 Å². The largest absolute Gasteiger partial charge is 0.382 e. The standard InChI is InChI=1S/C11H19N3O2/c1-9(11-7-12-4-5-13-11)14-6-10(16-3)8-15-2/h4-5,7,9-10,14H,6,8H2,1-3H3. The first-order valence-corrected chi connectivity index (χ1v) is 5.29. The van der Waals surface area contributed by atoms with Crippen LogP contribution in [-0.4, -0.2) is 43.4 Å². The molecule has 0 aromatic carbocycles. The van der Waals surface area contributed by atoms with Crippen molar-refractivity contribution in [2.24, 2.45) is 0 Å². The van der Waals surface area contributed by atoms with Crippen LogP contribution >= 0.6 is 0 Å². The monoisotopic (exact) mass is 225 g/mol. The van der Waals surface area contributed by atoms with E-state index in [4.69, 9.17) is 9.47 Å². The Labute approximate surface area is 96.2 Å². The van der Waals surface area contributed by atoms with Gasteiger partial charge in [0.2, 0.25) is 0 Å². The van der Waals surface area contributed by atoms with Gasteiger partial charge in [-0.3, -0.25) is 9.97 Å². The minimum atomic E-state index is 0.0594. The van der Waals surface area contributed by atoms with Crippen LogP contribution in [0.2, 0.25) is 0 Å². The lowest BCUT2D eigenvalue weighted by Crippen LogP contribution is -2.33. The van der Waals surface area contributed by atoms with Gasteiger partial charge in [-0.1, -0.05) is 0 Å². The molecule has 5 nitrogen and oxygen atoms in total. The van der Waals surface area contributed by atoms with Crippen LogP contribution in [0, 0.1) is 0 Å². The summed E-state index contributed by atoms with van der Waals surface area (Å²) in [4.78, 5) is 8.26. The molecule has 0 amide bonds. The lowest BCUT2D eigenvalue weighted by Gasteiger charge is -2.18. The van der Waals surface area contributed by atoms with Crippen molar-refractivity contribution >= 4 is 0 Å². The Bertz CT molecular complexity index is 282. The second-order valence-electron chi connectivity index (χ2n) is 3.57. The molecular formula is C11H19N3O2. The number of hydrogen-bond donors (Lipinski definition) is 1. The van der Waals surface area contributed by atoms with Gasteiger partial charge < -0.3 is 14.8 Å². The van der Waals surface area contributed by atoms with Crippen molar-refractivity contribution in [3.8, 4) is 0 Å². The summed E-state index contributed by atoms with van der Waals surface area (Å²) >= 11 is 0. The highest BCUT2D eigenvalue weighted by atomic mass is 16.5. The van der Waals surface area contributed by atoms with E-state index in [9.17, 15) is 0 Å². The van der Waals surface area contributed by atoms with E-state index in [1.807, 2.05) is 6.92 Å². The summed E-state index contributed by atoms with van der Waals surface area (Å²) in [5, 5.41) is 3.33. The van der Waals surface area contributed by atoms with E-state index in [0.29, 0.717) is 6.61 Å². The fourth-order valence-corrected chi connectivity index (χ4v) is 1.34. The molecule has 0 bridgehead atoms. The van der Waals surface area contributed by atoms with Crippen LogP contribution in [0.3, 0.4) is 0 Å². The Morgan fingerprint density at radius 3 is 2.75 bits per heavy atom. The van der Waals surface area contributed by atoms with Crippen molar-refractivity contribution in [2.75, 3.05) is 27.4 Å². The van der Waals surface area contributed by atoms with Gasteiger partial charge >= 0.3 is 0 Å². The molecular weight excluding hydrogens is 206 g/mol. The molecule has 0 spiro atoms. The topological polar surface area (TPSA) is 56.3 Å². The molecule has 0 aliphatic carbocycles. The third kappa shape index (κ3) is 4.22. The van der Waals surface area contributed by atoms with Gasteiger partial charge in [0.25, 0.3) is 0 Å². The number of nitrogens with one attached hydrogen (secondary N) is 1. The molecule has 0 aliphatic rings. The van der Waals surface area contributed by atoms with Crippen molar-refractivity contribution in [3.05, 3.63) is 24.3 Å². The first kappa shape index (κ1) is 13.0. The molecule has 1 heterocycles. The Hall–Kier alpha value is -1.04. The molecule has 5 heteroatoms. The van der Waals surface area contributed by atoms with Gasteiger partial charge in [0, 0.05) is 45.4 Å². The van der Waals surface area contributed by atoms with Gasteiger partial charge in [0.1, 0.15) is 0 Å². The summed E-state index contributed by atoms with van der Waals surface area (Å²) < 4.78 is 10.3. The van der Waals surface area contributed by atoms with Crippen LogP contribution in [-0.2, 0) is 9.47 Å². The van der Waals surface area contributed by atoms with Crippen LogP contribution in [0.15, 0.2) is 18.6 Å². The highest BCUT2D eigenvalue weighted by Crippen LogP contribution is 2.06. The van der Waals surface area contributed by atoms with Crippen LogP contribution in [0.25, 0.3) is 0 Å². The summed E-state index contributed by atoms with van der Waals surface area (Å²) in [6.45, 7) is 3.35. The van der Waals surface area contributed by atoms with Gasteiger partial charge in [-0.25, -0.2) is 0 Å². The Morgan fingerprint density at radius 2 is 2.19 bits per heavy atom. The molecule has 1 N–H and O–H groups in total. The molecule has 1 aromatic heterocycles. The highest BCUT2D eigenvalue weighted by Gasteiger charge is 2.10. The number of rotatable bonds is 7. The minimum absolute atomic E-state index is 0.0594. The van der Waals surface area contributed by atoms with E-state index in [1.165, 1.54) is 0 Å². The summed E-state index contributed by atoms with van der Waals surface area (Å²) in [5.74, 6) is 0. The molecule has 0 fully saturated rings. The SMILES string of the molecule is COCC(CNC(C)c1cnccn1)OC. The zero-order valence-electron chi connectivity index (χ0n) is 10.0. The first-order chi connectivity index (χ1) is 7.77. The predicted molar refractivity (Wildman–Crippen MR) is 61.1 cm³/mol. The van der Waals surface area contributed by atoms with Crippen LogP contribution in [0.5, 0.6) is 0 Å². The fraction of sp³-hybridized carbons (Fsp3) is 0.636. The van der Waals surface area contributed by atoms with Crippen LogP contribution < -0.4 is 5.32 Å². The number of aromatic nitrogens is 2. The third-order valence-electron chi connectivity index (χ3n) is 2.36. The summed E-state index contributed by atoms with van der Waals surface area (Å²) in [5.41, 5.74) is 0.926. The van der Waals surface area contributed by atoms with E-state index in [2.05, 4.69) is 15.3 Å². The molecule has 0 saturated carbocycles. The average Bonchev–Trinajstić information content (AvgIpc) is 2.35. The molecule has 2 unspecified atom stereocenters. The Morgan fingerprint density at radius 1 is 1.38 bits per heavy atom. The number of nitrogens with zero attached hydrogens (tertiary/aromatic N) is 2. The molecule has 1 rings (SSSR count). The van der Waals surface area contributed by atoms with E-state index in [0.717, 1.165) is 12.2 Å². The second kappa shape index (κ2) is 7.27. The maximum Gasteiger partial charge on any atom is 0.0928 e. The van der Waals surface area contributed by atoms with E-state index >= 15 is 0 Å². The molecule has 0 saturated heterocycles. The minimum Gasteiger partial charge on any atom is -0.382 e. The van der Waals surface area contributed by atoms with Gasteiger partial charge in [0.15, 0.2) is 0 Å². The Kier molecular flexibility index (Phi) is 5.92. The van der Waals surface area contributed by atoms with Crippen molar-refractivity contribution in [3.63, 3.8) is 0 Å². The second-order valence-corrected chi connectivity index (χ2v) is 3.57. The third-order valence-corrected chi connectivity index (χ3v) is 2.36.